The van der Waals surface area contributed by atoms with Crippen LogP contribution < -0.4 is 0 Å². The van der Waals surface area contributed by atoms with Crippen molar-refractivity contribution in [3.8, 4) is 0 Å². The second kappa shape index (κ2) is 5.38. The van der Waals surface area contributed by atoms with Crippen molar-refractivity contribution in [1.29, 1.82) is 0 Å². The first-order valence-electron chi connectivity index (χ1n) is 9.67. The second-order valence-electron chi connectivity index (χ2n) is 7.82. The quantitative estimate of drug-likeness (QED) is 0.470. The van der Waals surface area contributed by atoms with E-state index in [-0.39, 0.29) is 0 Å². The molecular formula is C22H20N6. The Hall–Kier alpha value is -3.28. The zero-order chi connectivity index (χ0) is 19.0. The van der Waals surface area contributed by atoms with Crippen LogP contribution in [0, 0.1) is 20.8 Å². The molecule has 0 bridgehead atoms. The third-order valence-electron chi connectivity index (χ3n) is 5.99. The summed E-state index contributed by atoms with van der Waals surface area (Å²) in [5.74, 6) is 1.61. The van der Waals surface area contributed by atoms with Gasteiger partial charge in [-0.25, -0.2) is 14.5 Å². The maximum Gasteiger partial charge on any atom is 0.177 e. The van der Waals surface area contributed by atoms with Gasteiger partial charge in [0.1, 0.15) is 5.65 Å². The van der Waals surface area contributed by atoms with Crippen LogP contribution in [0.5, 0.6) is 0 Å². The van der Waals surface area contributed by atoms with Crippen molar-refractivity contribution in [3.63, 3.8) is 0 Å². The monoisotopic (exact) mass is 368 g/mol. The van der Waals surface area contributed by atoms with E-state index in [0.717, 1.165) is 34.9 Å². The van der Waals surface area contributed by atoms with Crippen LogP contribution in [0.25, 0.3) is 22.1 Å². The third-order valence-corrected chi connectivity index (χ3v) is 5.99. The number of nitrogens with zero attached hydrogens (tertiary/aromatic N) is 6. The molecular weight excluding hydrogens is 348 g/mol. The minimum Gasteiger partial charge on any atom is -0.304 e. The van der Waals surface area contributed by atoms with Crippen molar-refractivity contribution in [2.24, 2.45) is 0 Å². The highest BCUT2D eigenvalue weighted by Gasteiger charge is 2.45. The molecule has 138 valence electrons. The first-order valence-corrected chi connectivity index (χ1v) is 9.67. The van der Waals surface area contributed by atoms with Gasteiger partial charge in [0.25, 0.3) is 0 Å². The Balaban J connectivity index is 1.44. The molecule has 0 amide bonds. The van der Waals surface area contributed by atoms with Crippen molar-refractivity contribution in [1.82, 2.24) is 29.0 Å². The van der Waals surface area contributed by atoms with Crippen LogP contribution in [0.4, 0.5) is 0 Å². The first kappa shape index (κ1) is 15.7. The number of hydrogen-bond acceptors (Lipinski definition) is 4. The Kier molecular flexibility index (Phi) is 3.02. The molecule has 4 aromatic heterocycles. The van der Waals surface area contributed by atoms with Crippen molar-refractivity contribution in [2.45, 2.75) is 39.0 Å². The highest BCUT2D eigenvalue weighted by molar-refractivity contribution is 5.94. The van der Waals surface area contributed by atoms with E-state index in [4.69, 9.17) is 15.1 Å². The summed E-state index contributed by atoms with van der Waals surface area (Å²) < 4.78 is 4.12. The van der Waals surface area contributed by atoms with E-state index in [2.05, 4.69) is 52.8 Å². The van der Waals surface area contributed by atoms with Crippen molar-refractivity contribution < 1.29 is 0 Å². The molecule has 0 saturated heterocycles. The molecule has 0 unspecified atom stereocenters. The van der Waals surface area contributed by atoms with Gasteiger partial charge in [-0.05, 0) is 38.6 Å². The Morgan fingerprint density at radius 3 is 2.68 bits per heavy atom. The van der Waals surface area contributed by atoms with Crippen molar-refractivity contribution in [2.75, 3.05) is 0 Å². The largest absolute Gasteiger partial charge is 0.304 e. The average Bonchev–Trinajstić information content (AvgIpc) is 3.23. The summed E-state index contributed by atoms with van der Waals surface area (Å²) in [6, 6.07) is 10.6. The molecule has 1 aromatic carbocycles. The molecule has 28 heavy (non-hydrogen) atoms. The van der Waals surface area contributed by atoms with E-state index in [0.29, 0.717) is 11.8 Å². The van der Waals surface area contributed by atoms with E-state index in [1.54, 1.807) is 0 Å². The van der Waals surface area contributed by atoms with Gasteiger partial charge < -0.3 is 4.40 Å². The van der Waals surface area contributed by atoms with Crippen molar-refractivity contribution >= 4 is 22.1 Å². The highest BCUT2D eigenvalue weighted by Crippen LogP contribution is 2.54. The minimum absolute atomic E-state index is 0.327. The molecule has 6 nitrogen and oxygen atoms in total. The first-order chi connectivity index (χ1) is 13.6. The third kappa shape index (κ3) is 2.08. The van der Waals surface area contributed by atoms with Gasteiger partial charge in [0.15, 0.2) is 11.5 Å². The summed E-state index contributed by atoms with van der Waals surface area (Å²) in [5, 5.41) is 7.19. The maximum atomic E-state index is 5.06. The van der Waals surface area contributed by atoms with Gasteiger partial charge in [0.2, 0.25) is 0 Å². The lowest BCUT2D eigenvalue weighted by Gasteiger charge is -2.01. The predicted octanol–water partition coefficient (Wildman–Crippen LogP) is 4.12. The molecule has 1 fully saturated rings. The van der Waals surface area contributed by atoms with E-state index in [1.807, 2.05) is 24.6 Å². The molecule has 1 saturated carbocycles. The standard InChI is InChI=1S/C22H20N6/c1-12-11-23-13(2)21-25-20(26-28(12)21)18-10-17(18)19-14(3)27-9-8-15-6-4-5-7-16(15)22(27)24-19/h4-9,11,17-18H,10H2,1-3H3/t17-,18-/m1/s1. The van der Waals surface area contributed by atoms with Crippen LogP contribution in [0.2, 0.25) is 0 Å². The normalized spacial score (nSPS) is 19.1. The lowest BCUT2D eigenvalue weighted by molar-refractivity contribution is 0.827. The summed E-state index contributed by atoms with van der Waals surface area (Å²) in [6.45, 7) is 6.16. The number of aromatic nitrogens is 6. The summed E-state index contributed by atoms with van der Waals surface area (Å²) >= 11 is 0. The summed E-state index contributed by atoms with van der Waals surface area (Å²) in [4.78, 5) is 14.3. The van der Waals surface area contributed by atoms with Gasteiger partial charge in [-0.2, -0.15) is 5.10 Å². The Labute approximate surface area is 161 Å². The van der Waals surface area contributed by atoms with Crippen LogP contribution in [0.3, 0.4) is 0 Å². The zero-order valence-electron chi connectivity index (χ0n) is 16.1. The molecule has 1 aliphatic rings. The smallest absolute Gasteiger partial charge is 0.177 e. The number of fused-ring (bicyclic) bond motifs is 4. The molecule has 1 aliphatic carbocycles. The second-order valence-corrected chi connectivity index (χ2v) is 7.82. The molecule has 0 spiro atoms. The van der Waals surface area contributed by atoms with Gasteiger partial charge in [-0.15, -0.1) is 0 Å². The summed E-state index contributed by atoms with van der Waals surface area (Å²) in [6.07, 6.45) is 5.02. The van der Waals surface area contributed by atoms with Crippen LogP contribution in [0.1, 0.15) is 46.9 Å². The maximum absolute atomic E-state index is 5.06. The molecule has 0 radical (unpaired) electrons. The number of benzene rings is 1. The molecule has 5 aromatic rings. The Morgan fingerprint density at radius 1 is 0.964 bits per heavy atom. The van der Waals surface area contributed by atoms with Crippen LogP contribution >= 0.6 is 0 Å². The van der Waals surface area contributed by atoms with E-state index in [9.17, 15) is 0 Å². The van der Waals surface area contributed by atoms with Crippen molar-refractivity contribution in [3.05, 3.63) is 71.3 Å². The van der Waals surface area contributed by atoms with Gasteiger partial charge in [0, 0.05) is 35.3 Å². The average molecular weight is 368 g/mol. The predicted molar refractivity (Wildman–Crippen MR) is 108 cm³/mol. The molecule has 0 aliphatic heterocycles. The fourth-order valence-electron chi connectivity index (χ4n) is 4.31. The van der Waals surface area contributed by atoms with E-state index < -0.39 is 0 Å². The Morgan fingerprint density at radius 2 is 1.82 bits per heavy atom. The van der Waals surface area contributed by atoms with Gasteiger partial charge in [-0.1, -0.05) is 24.3 Å². The van der Waals surface area contributed by atoms with Crippen LogP contribution in [-0.2, 0) is 0 Å². The van der Waals surface area contributed by atoms with Gasteiger partial charge in [-0.3, -0.25) is 4.98 Å². The molecule has 6 rings (SSSR count). The van der Waals surface area contributed by atoms with E-state index in [1.165, 1.54) is 22.2 Å². The molecule has 0 N–H and O–H groups in total. The number of pyridine rings is 1. The number of rotatable bonds is 2. The lowest BCUT2D eigenvalue weighted by atomic mass is 10.2. The number of imidazole rings is 1. The molecule has 6 heteroatoms. The Bertz CT molecular complexity index is 1350. The zero-order valence-corrected chi connectivity index (χ0v) is 16.1. The molecule has 2 atom stereocenters. The summed E-state index contributed by atoms with van der Waals surface area (Å²) in [7, 11) is 0. The van der Waals surface area contributed by atoms with Crippen LogP contribution in [0.15, 0.2) is 42.7 Å². The van der Waals surface area contributed by atoms with Crippen LogP contribution in [-0.4, -0.2) is 29.0 Å². The SMILES string of the molecule is Cc1ncc(C)n2nc([C@@H]3C[C@H]3c3nc4c5ccccc5ccn4c3C)nc12. The minimum atomic E-state index is 0.327. The highest BCUT2D eigenvalue weighted by atomic mass is 15.3. The molecule has 4 heterocycles. The van der Waals surface area contributed by atoms with Gasteiger partial charge in [0.05, 0.1) is 17.1 Å². The number of hydrogen-bond donors (Lipinski definition) is 0. The number of aryl methyl sites for hydroxylation is 3. The summed E-state index contributed by atoms with van der Waals surface area (Å²) in [5.41, 5.74) is 6.20. The lowest BCUT2D eigenvalue weighted by Crippen LogP contribution is -1.97. The van der Waals surface area contributed by atoms with Gasteiger partial charge >= 0.3 is 0 Å². The topological polar surface area (TPSA) is 60.4 Å². The van der Waals surface area contributed by atoms with E-state index >= 15 is 0 Å². The fraction of sp³-hybridized carbons (Fsp3) is 0.273. The fourth-order valence-corrected chi connectivity index (χ4v) is 4.31.